The minimum Gasteiger partial charge on any atom is -0.495 e. The van der Waals surface area contributed by atoms with Crippen LogP contribution in [0.25, 0.3) is 10.9 Å². The maximum absolute atomic E-state index is 6.16. The average Bonchev–Trinajstić information content (AvgIpc) is 2.29. The fourth-order valence-corrected chi connectivity index (χ4v) is 1.92. The van der Waals surface area contributed by atoms with Crippen LogP contribution in [0.5, 0.6) is 11.5 Å². The Labute approximate surface area is 103 Å². The van der Waals surface area contributed by atoms with Gasteiger partial charge in [-0.05, 0) is 12.1 Å². The fourth-order valence-electron chi connectivity index (χ4n) is 1.49. The standard InChI is InChI=1S/C11H9Cl2NO2/c1-15-7-5-8(16-2)11-6(10(7)13)3-4-9(12)14-11/h3-5H,1-2H3. The molecule has 5 heteroatoms. The van der Waals surface area contributed by atoms with Crippen LogP contribution in [0.4, 0.5) is 0 Å². The number of hydrogen-bond acceptors (Lipinski definition) is 3. The Hall–Kier alpha value is -1.19. The molecule has 0 aliphatic rings. The number of fused-ring (bicyclic) bond motifs is 1. The van der Waals surface area contributed by atoms with Crippen molar-refractivity contribution in [3.05, 3.63) is 28.4 Å². The Bertz CT molecular complexity index is 543. The van der Waals surface area contributed by atoms with Crippen LogP contribution in [-0.4, -0.2) is 19.2 Å². The van der Waals surface area contributed by atoms with Gasteiger partial charge in [-0.25, -0.2) is 4.98 Å². The van der Waals surface area contributed by atoms with E-state index in [4.69, 9.17) is 32.7 Å². The molecule has 16 heavy (non-hydrogen) atoms. The second-order valence-corrected chi connectivity index (χ2v) is 3.89. The zero-order valence-electron chi connectivity index (χ0n) is 8.75. The number of halogens is 2. The Morgan fingerprint density at radius 1 is 1.06 bits per heavy atom. The molecule has 1 heterocycles. The van der Waals surface area contributed by atoms with Crippen molar-refractivity contribution in [3.8, 4) is 11.5 Å². The monoisotopic (exact) mass is 257 g/mol. The Kier molecular flexibility index (Phi) is 3.08. The highest BCUT2D eigenvalue weighted by atomic mass is 35.5. The van der Waals surface area contributed by atoms with E-state index in [1.807, 2.05) is 0 Å². The third-order valence-electron chi connectivity index (χ3n) is 2.25. The van der Waals surface area contributed by atoms with Crippen molar-refractivity contribution in [1.82, 2.24) is 4.98 Å². The van der Waals surface area contributed by atoms with E-state index >= 15 is 0 Å². The van der Waals surface area contributed by atoms with Gasteiger partial charge in [0.25, 0.3) is 0 Å². The Balaban J connectivity index is 2.85. The van der Waals surface area contributed by atoms with Gasteiger partial charge in [0, 0.05) is 11.5 Å². The third kappa shape index (κ3) is 1.77. The topological polar surface area (TPSA) is 31.4 Å². The van der Waals surface area contributed by atoms with E-state index in [0.717, 1.165) is 5.39 Å². The van der Waals surface area contributed by atoms with Crippen molar-refractivity contribution in [2.45, 2.75) is 0 Å². The Morgan fingerprint density at radius 2 is 1.75 bits per heavy atom. The van der Waals surface area contributed by atoms with Gasteiger partial charge >= 0.3 is 0 Å². The van der Waals surface area contributed by atoms with Crippen LogP contribution in [0.2, 0.25) is 10.2 Å². The van der Waals surface area contributed by atoms with Gasteiger partial charge in [0.05, 0.1) is 19.2 Å². The summed E-state index contributed by atoms with van der Waals surface area (Å²) < 4.78 is 10.4. The summed E-state index contributed by atoms with van der Waals surface area (Å²) in [5, 5.41) is 1.65. The molecule has 0 radical (unpaired) electrons. The molecule has 1 aromatic heterocycles. The lowest BCUT2D eigenvalue weighted by Gasteiger charge is -2.10. The van der Waals surface area contributed by atoms with Crippen molar-refractivity contribution in [3.63, 3.8) is 0 Å². The van der Waals surface area contributed by atoms with Crippen LogP contribution in [0.1, 0.15) is 0 Å². The summed E-state index contributed by atoms with van der Waals surface area (Å²) in [7, 11) is 3.11. The number of aromatic nitrogens is 1. The SMILES string of the molecule is COc1cc(OC)c2nc(Cl)ccc2c1Cl. The molecule has 0 fully saturated rings. The summed E-state index contributed by atoms with van der Waals surface area (Å²) in [4.78, 5) is 4.18. The maximum Gasteiger partial charge on any atom is 0.148 e. The van der Waals surface area contributed by atoms with Crippen LogP contribution in [-0.2, 0) is 0 Å². The second kappa shape index (κ2) is 4.36. The lowest BCUT2D eigenvalue weighted by Crippen LogP contribution is -1.92. The number of nitrogens with zero attached hydrogens (tertiary/aromatic N) is 1. The van der Waals surface area contributed by atoms with Gasteiger partial charge in [-0.1, -0.05) is 23.2 Å². The smallest absolute Gasteiger partial charge is 0.148 e. The molecule has 0 N–H and O–H groups in total. The normalized spacial score (nSPS) is 10.5. The molecular formula is C11H9Cl2NO2. The van der Waals surface area contributed by atoms with Gasteiger partial charge in [0.1, 0.15) is 22.2 Å². The number of ether oxygens (including phenoxy) is 2. The summed E-state index contributed by atoms with van der Waals surface area (Å²) in [5.41, 5.74) is 0.626. The van der Waals surface area contributed by atoms with Gasteiger partial charge < -0.3 is 9.47 Å². The zero-order valence-corrected chi connectivity index (χ0v) is 10.3. The van der Waals surface area contributed by atoms with E-state index in [2.05, 4.69) is 4.98 Å². The predicted molar refractivity (Wildman–Crippen MR) is 64.9 cm³/mol. The molecule has 3 nitrogen and oxygen atoms in total. The first kappa shape index (κ1) is 11.3. The molecule has 0 spiro atoms. The summed E-state index contributed by atoms with van der Waals surface area (Å²) in [5.74, 6) is 1.13. The predicted octanol–water partition coefficient (Wildman–Crippen LogP) is 3.56. The van der Waals surface area contributed by atoms with Gasteiger partial charge in [0.15, 0.2) is 0 Å². The molecule has 0 saturated heterocycles. The second-order valence-electron chi connectivity index (χ2n) is 3.13. The molecule has 0 atom stereocenters. The van der Waals surface area contributed by atoms with E-state index in [1.54, 1.807) is 32.4 Å². The number of benzene rings is 1. The lowest BCUT2D eigenvalue weighted by atomic mass is 10.2. The van der Waals surface area contributed by atoms with E-state index in [-0.39, 0.29) is 0 Å². The van der Waals surface area contributed by atoms with Gasteiger partial charge in [-0.3, -0.25) is 0 Å². The van der Waals surface area contributed by atoms with Gasteiger partial charge in [-0.15, -0.1) is 0 Å². The van der Waals surface area contributed by atoms with Crippen molar-refractivity contribution in [2.75, 3.05) is 14.2 Å². The zero-order chi connectivity index (χ0) is 11.7. The third-order valence-corrected chi connectivity index (χ3v) is 2.85. The summed E-state index contributed by atoms with van der Waals surface area (Å²) >= 11 is 12.0. The minimum atomic E-state index is 0.395. The van der Waals surface area contributed by atoms with E-state index in [1.165, 1.54) is 0 Å². The molecule has 0 aliphatic heterocycles. The molecule has 0 saturated carbocycles. The molecule has 1 aromatic carbocycles. The highest BCUT2D eigenvalue weighted by Gasteiger charge is 2.13. The fraction of sp³-hybridized carbons (Fsp3) is 0.182. The van der Waals surface area contributed by atoms with Crippen molar-refractivity contribution in [2.24, 2.45) is 0 Å². The maximum atomic E-state index is 6.16. The van der Waals surface area contributed by atoms with Crippen molar-refractivity contribution in [1.29, 1.82) is 0 Å². The van der Waals surface area contributed by atoms with E-state index in [0.29, 0.717) is 27.2 Å². The highest BCUT2D eigenvalue weighted by molar-refractivity contribution is 6.37. The van der Waals surface area contributed by atoms with Crippen LogP contribution >= 0.6 is 23.2 Å². The largest absolute Gasteiger partial charge is 0.495 e. The van der Waals surface area contributed by atoms with Crippen molar-refractivity contribution < 1.29 is 9.47 Å². The molecular weight excluding hydrogens is 249 g/mol. The number of rotatable bonds is 2. The van der Waals surface area contributed by atoms with Crippen LogP contribution in [0, 0.1) is 0 Å². The first-order chi connectivity index (χ1) is 7.67. The quantitative estimate of drug-likeness (QED) is 0.772. The molecule has 84 valence electrons. The molecule has 0 amide bonds. The van der Waals surface area contributed by atoms with Gasteiger partial charge in [-0.2, -0.15) is 0 Å². The minimum absolute atomic E-state index is 0.395. The van der Waals surface area contributed by atoms with Crippen LogP contribution in [0.3, 0.4) is 0 Å². The molecule has 0 aliphatic carbocycles. The van der Waals surface area contributed by atoms with Gasteiger partial charge in [0.2, 0.25) is 0 Å². The van der Waals surface area contributed by atoms with Crippen LogP contribution < -0.4 is 9.47 Å². The highest BCUT2D eigenvalue weighted by Crippen LogP contribution is 2.38. The van der Waals surface area contributed by atoms with Crippen LogP contribution in [0.15, 0.2) is 18.2 Å². The number of methoxy groups -OCH3 is 2. The number of hydrogen-bond donors (Lipinski definition) is 0. The first-order valence-corrected chi connectivity index (χ1v) is 5.29. The Morgan fingerprint density at radius 3 is 2.38 bits per heavy atom. The average molecular weight is 258 g/mol. The van der Waals surface area contributed by atoms with E-state index < -0.39 is 0 Å². The molecule has 0 unspecified atom stereocenters. The molecule has 2 aromatic rings. The molecule has 2 rings (SSSR count). The number of pyridine rings is 1. The summed E-state index contributed by atoms with van der Waals surface area (Å²) in [6.07, 6.45) is 0. The summed E-state index contributed by atoms with van der Waals surface area (Å²) in [6.45, 7) is 0. The molecule has 0 bridgehead atoms. The lowest BCUT2D eigenvalue weighted by molar-refractivity contribution is 0.397. The van der Waals surface area contributed by atoms with Crippen molar-refractivity contribution >= 4 is 34.1 Å². The van der Waals surface area contributed by atoms with E-state index in [9.17, 15) is 0 Å². The summed E-state index contributed by atoms with van der Waals surface area (Å²) in [6, 6.07) is 5.15. The first-order valence-electron chi connectivity index (χ1n) is 4.54.